The minimum atomic E-state index is -2.89. The van der Waals surface area contributed by atoms with Gasteiger partial charge < -0.3 is 28.4 Å². The summed E-state index contributed by atoms with van der Waals surface area (Å²) in [7, 11) is 2.57. The van der Waals surface area contributed by atoms with Crippen LogP contribution in [0.4, 0.5) is 5.69 Å². The fourth-order valence-electron chi connectivity index (χ4n) is 9.10. The molecule has 0 radical (unpaired) electrons. The van der Waals surface area contributed by atoms with E-state index < -0.39 is 43.4 Å². The van der Waals surface area contributed by atoms with Gasteiger partial charge in [0.1, 0.15) is 23.7 Å². The molecule has 0 amide bonds. The molecule has 4 atom stereocenters. The Labute approximate surface area is 336 Å². The van der Waals surface area contributed by atoms with Gasteiger partial charge in [0, 0.05) is 41.2 Å². The molecule has 1 N–H and O–H groups in total. The van der Waals surface area contributed by atoms with Crippen LogP contribution in [0.1, 0.15) is 71.6 Å². The van der Waals surface area contributed by atoms with E-state index in [9.17, 15) is 5.11 Å². The van der Waals surface area contributed by atoms with Crippen LogP contribution in [-0.4, -0.2) is 74.9 Å². The number of aliphatic hydroxyl groups excluding tert-OH is 1. The Morgan fingerprint density at radius 1 is 1.02 bits per heavy atom. The Kier molecular flexibility index (Phi) is 10.4. The summed E-state index contributed by atoms with van der Waals surface area (Å²) >= 11 is 0. The van der Waals surface area contributed by atoms with Crippen LogP contribution in [0.5, 0.6) is 11.6 Å². The Balaban J connectivity index is 1.49. The average Bonchev–Trinajstić information content (AvgIpc) is 3.58. The molecule has 7 rings (SSSR count). The molecule has 1 fully saturated rings. The van der Waals surface area contributed by atoms with Crippen LogP contribution in [0.15, 0.2) is 83.9 Å². The lowest BCUT2D eigenvalue weighted by Crippen LogP contribution is -2.68. The normalized spacial score (nSPS) is 21.8. The first kappa shape index (κ1) is 40.2. The number of Topliss-reactive ketones (excluding diaryl/α,β-unsaturated/α-hetero) is 2. The number of rotatable bonds is 12. The zero-order valence-corrected chi connectivity index (χ0v) is 35.7. The number of methoxy groups -OCH3 is 1. The molecular weight excluding hydrogens is 735 g/mol. The number of anilines is 1. The Bertz CT molecular complexity index is 2290. The molecule has 3 aliphatic rings. The van der Waals surface area contributed by atoms with E-state index in [1.807, 2.05) is 80.5 Å². The molecule has 57 heavy (non-hydrogen) atoms. The summed E-state index contributed by atoms with van der Waals surface area (Å²) in [6, 6.07) is 15.0. The number of carbonyl (C=O) groups is 2. The van der Waals surface area contributed by atoms with E-state index in [1.165, 1.54) is 0 Å². The summed E-state index contributed by atoms with van der Waals surface area (Å²) in [6.07, 6.45) is 4.54. The van der Waals surface area contributed by atoms with Gasteiger partial charge in [0.15, 0.2) is 19.7 Å². The van der Waals surface area contributed by atoms with Crippen molar-refractivity contribution in [1.82, 2.24) is 10.1 Å². The highest BCUT2D eigenvalue weighted by Gasteiger charge is 2.69. The number of aliphatic hydroxyl groups is 1. The first-order valence-electron chi connectivity index (χ1n) is 19.7. The van der Waals surface area contributed by atoms with Gasteiger partial charge in [-0.1, -0.05) is 63.3 Å². The molecule has 11 heteroatoms. The number of hydrogen-bond donors (Lipinski definition) is 1. The molecule has 1 aromatic heterocycles. The summed E-state index contributed by atoms with van der Waals surface area (Å²) in [5.41, 5.74) is 2.54. The maximum absolute atomic E-state index is 15.9. The lowest BCUT2D eigenvalue weighted by Gasteiger charge is -2.55. The zero-order valence-electron chi connectivity index (χ0n) is 34.7. The molecule has 0 saturated heterocycles. The second kappa shape index (κ2) is 14.8. The molecule has 10 nitrogen and oxygen atoms in total. The number of aryl methyl sites for hydroxylation is 1. The maximum Gasteiger partial charge on any atom is 0.265 e. The lowest BCUT2D eigenvalue weighted by molar-refractivity contribution is -0.140. The number of ether oxygens (including phenoxy) is 2. The lowest BCUT2D eigenvalue weighted by atomic mass is 9.57. The number of aromatic nitrogens is 1. The van der Waals surface area contributed by atoms with Crippen molar-refractivity contribution >= 4 is 42.1 Å². The second-order valence-corrected chi connectivity index (χ2v) is 22.1. The second-order valence-electron chi connectivity index (χ2n) is 17.4. The molecule has 300 valence electrons. The van der Waals surface area contributed by atoms with Gasteiger partial charge in [-0.2, -0.15) is 0 Å². The van der Waals surface area contributed by atoms with Crippen LogP contribution in [-0.2, 0) is 22.2 Å². The van der Waals surface area contributed by atoms with Gasteiger partial charge in [0.2, 0.25) is 11.6 Å². The van der Waals surface area contributed by atoms with Crippen molar-refractivity contribution in [1.29, 1.82) is 0 Å². The SMILES string of the molecule is C=CCN(CC=C)c1c2c(c(C)c3cc(OC)ccc13)C(O)=C1C(=O)[C@]3(O[Si](C)(C)C(C)(C)C)C(=O)c4c(OCc5ccccc5)noc4[C@@H](N(C)C)[C@@H]3C[C@@H]1C2. The first-order chi connectivity index (χ1) is 27.0. The monoisotopic (exact) mass is 789 g/mol. The minimum absolute atomic E-state index is 0.0231. The highest BCUT2D eigenvalue weighted by Crippen LogP contribution is 2.59. The Hall–Kier alpha value is -4.97. The summed E-state index contributed by atoms with van der Waals surface area (Å²) in [5, 5.41) is 18.6. The number of benzene rings is 3. The third-order valence-corrected chi connectivity index (χ3v) is 17.2. The minimum Gasteiger partial charge on any atom is -0.507 e. The van der Waals surface area contributed by atoms with Gasteiger partial charge in [-0.25, -0.2) is 0 Å². The van der Waals surface area contributed by atoms with Crippen molar-refractivity contribution < 1.29 is 33.1 Å². The van der Waals surface area contributed by atoms with Gasteiger partial charge in [-0.15, -0.1) is 13.2 Å². The molecule has 3 aromatic carbocycles. The zero-order chi connectivity index (χ0) is 41.2. The van der Waals surface area contributed by atoms with Crippen molar-refractivity contribution in [2.75, 3.05) is 39.2 Å². The molecule has 1 heterocycles. The quantitative estimate of drug-likeness (QED) is 0.0847. The van der Waals surface area contributed by atoms with Gasteiger partial charge >= 0.3 is 0 Å². The average molecular weight is 790 g/mol. The molecule has 0 unspecified atom stereocenters. The van der Waals surface area contributed by atoms with Crippen LogP contribution in [0, 0.1) is 18.8 Å². The number of ketones is 2. The third kappa shape index (κ3) is 6.35. The van der Waals surface area contributed by atoms with Gasteiger partial charge in [-0.05, 0) is 103 Å². The van der Waals surface area contributed by atoms with Crippen LogP contribution in [0.3, 0.4) is 0 Å². The van der Waals surface area contributed by atoms with E-state index in [1.54, 1.807) is 7.11 Å². The van der Waals surface area contributed by atoms with Crippen molar-refractivity contribution in [2.45, 2.75) is 76.9 Å². The van der Waals surface area contributed by atoms with E-state index in [-0.39, 0.29) is 34.4 Å². The highest BCUT2D eigenvalue weighted by molar-refractivity contribution is 6.74. The summed E-state index contributed by atoms with van der Waals surface area (Å²) in [6.45, 7) is 21.7. The molecule has 3 aliphatic carbocycles. The number of carbonyl (C=O) groups excluding carboxylic acids is 2. The van der Waals surface area contributed by atoms with E-state index in [4.69, 9.17) is 18.4 Å². The maximum atomic E-state index is 15.9. The van der Waals surface area contributed by atoms with Gasteiger partial charge in [0.05, 0.1) is 13.2 Å². The van der Waals surface area contributed by atoms with Gasteiger partial charge in [-0.3, -0.25) is 14.5 Å². The smallest absolute Gasteiger partial charge is 0.265 e. The van der Waals surface area contributed by atoms with Crippen LogP contribution in [0.2, 0.25) is 18.1 Å². The van der Waals surface area contributed by atoms with Crippen molar-refractivity contribution in [3.63, 3.8) is 0 Å². The number of hydrogen-bond acceptors (Lipinski definition) is 10. The molecule has 0 aliphatic heterocycles. The van der Waals surface area contributed by atoms with Crippen LogP contribution < -0.4 is 14.4 Å². The molecule has 1 saturated carbocycles. The predicted octanol–water partition coefficient (Wildman–Crippen LogP) is 9.19. The van der Waals surface area contributed by atoms with E-state index in [2.05, 4.69) is 63.1 Å². The fourth-order valence-corrected chi connectivity index (χ4v) is 10.5. The topological polar surface area (TPSA) is 115 Å². The molecule has 0 spiro atoms. The molecule has 4 aromatic rings. The standard InChI is InChI=1S/C46H55N3O7Si/c1-12-21-49(22-13-2)38-31-20-19-30(53-9)25-32(31)27(3)35-33(38)23-29-24-34-39(48(7)8)41-37(44(47-55-41)54-26-28-17-15-14-16-18-28)43(52)46(34,42(51)36(29)40(35)50)56-57(10,11)45(4,5)6/h12-20,25,29,34,39,50H,1-2,21-24,26H2,3-11H3/t29-,34-,39-,46-/m0/s1. The first-order valence-corrected chi connectivity index (χ1v) is 22.6. The van der Waals surface area contributed by atoms with Gasteiger partial charge in [0.25, 0.3) is 5.88 Å². The summed E-state index contributed by atoms with van der Waals surface area (Å²) in [4.78, 5) is 35.7. The van der Waals surface area contributed by atoms with Crippen LogP contribution in [0.25, 0.3) is 16.5 Å². The van der Waals surface area contributed by atoms with Crippen molar-refractivity contribution in [2.24, 2.45) is 11.8 Å². The number of nitrogens with zero attached hydrogens (tertiary/aromatic N) is 3. The number of fused-ring (bicyclic) bond motifs is 5. The van der Waals surface area contributed by atoms with E-state index in [0.29, 0.717) is 43.0 Å². The summed E-state index contributed by atoms with van der Waals surface area (Å²) in [5.74, 6) is -1.20. The summed E-state index contributed by atoms with van der Waals surface area (Å²) < 4.78 is 25.3. The Morgan fingerprint density at radius 2 is 1.70 bits per heavy atom. The highest BCUT2D eigenvalue weighted by atomic mass is 28.4. The Morgan fingerprint density at radius 3 is 2.32 bits per heavy atom. The predicted molar refractivity (Wildman–Crippen MR) is 227 cm³/mol. The van der Waals surface area contributed by atoms with E-state index >= 15 is 9.59 Å². The third-order valence-electron chi connectivity index (χ3n) is 12.8. The molecular formula is C46H55N3O7Si. The fraction of sp³-hybridized carbons (Fsp3) is 0.413. The van der Waals surface area contributed by atoms with Crippen LogP contribution >= 0.6 is 0 Å². The largest absolute Gasteiger partial charge is 0.507 e. The molecule has 0 bridgehead atoms. The van der Waals surface area contributed by atoms with Crippen molar-refractivity contribution in [3.8, 4) is 11.6 Å². The van der Waals surface area contributed by atoms with E-state index in [0.717, 1.165) is 33.2 Å². The van der Waals surface area contributed by atoms with Crippen molar-refractivity contribution in [3.05, 3.63) is 113 Å².